The molecule has 0 saturated heterocycles. The maximum atomic E-state index is 3.53. The minimum absolute atomic E-state index is 1.05. The lowest BCUT2D eigenvalue weighted by Crippen LogP contribution is -1.79. The third-order valence-corrected chi connectivity index (χ3v) is 2.71. The van der Waals surface area contributed by atoms with Gasteiger partial charge in [0.2, 0.25) is 0 Å². The molecule has 1 aromatic rings. The van der Waals surface area contributed by atoms with Crippen LogP contribution in [0.15, 0.2) is 47.0 Å². The van der Waals surface area contributed by atoms with Crippen LogP contribution < -0.4 is 0 Å². The molecule has 1 heteroatoms. The molecule has 0 nitrogen and oxygen atoms in total. The molecular weight excluding hydrogens is 212 g/mol. The largest absolute Gasteiger partial charge is 0.0717 e. The molecule has 0 spiro atoms. The second-order valence-corrected chi connectivity index (χ2v) is 3.63. The van der Waals surface area contributed by atoms with Gasteiger partial charge in [0.05, 0.1) is 0 Å². The van der Waals surface area contributed by atoms with Gasteiger partial charge in [-0.05, 0) is 17.6 Å². The first-order valence-electron chi connectivity index (χ1n) is 3.99. The molecule has 1 aliphatic carbocycles. The van der Waals surface area contributed by atoms with Crippen molar-refractivity contribution in [1.82, 2.24) is 0 Å². The van der Waals surface area contributed by atoms with Gasteiger partial charge in [0.15, 0.2) is 0 Å². The van der Waals surface area contributed by atoms with Crippen molar-refractivity contribution in [2.24, 2.45) is 0 Å². The fourth-order valence-electron chi connectivity index (χ4n) is 1.36. The summed E-state index contributed by atoms with van der Waals surface area (Å²) in [6.07, 6.45) is 5.46. The summed E-state index contributed by atoms with van der Waals surface area (Å²) in [6.45, 7) is 0. The van der Waals surface area contributed by atoms with Crippen LogP contribution in [0.5, 0.6) is 0 Å². The van der Waals surface area contributed by atoms with Gasteiger partial charge >= 0.3 is 0 Å². The summed E-state index contributed by atoms with van der Waals surface area (Å²) in [4.78, 5) is 0. The molecule has 1 aromatic carbocycles. The summed E-state index contributed by atoms with van der Waals surface area (Å²) in [5, 5.41) is 0. The minimum atomic E-state index is 1.05. The smallest absolute Gasteiger partial charge is 0.0213 e. The first-order valence-corrected chi connectivity index (χ1v) is 4.79. The van der Waals surface area contributed by atoms with E-state index in [9.17, 15) is 0 Å². The van der Waals surface area contributed by atoms with E-state index in [1.807, 2.05) is 6.07 Å². The highest BCUT2D eigenvalue weighted by atomic mass is 79.9. The Hall–Kier alpha value is -0.820. The topological polar surface area (TPSA) is 0 Å². The lowest BCUT2D eigenvalue weighted by atomic mass is 10.1. The average molecular weight is 221 g/mol. The zero-order valence-electron chi connectivity index (χ0n) is 6.63. The quantitative estimate of drug-likeness (QED) is 0.677. The Balaban J connectivity index is 2.39. The lowest BCUT2D eigenvalue weighted by Gasteiger charge is -2.01. The SMILES string of the molecule is BrC1=CCC=C1c1ccccc1. The van der Waals surface area contributed by atoms with E-state index in [0.717, 1.165) is 6.42 Å². The number of halogens is 1. The molecule has 0 N–H and O–H groups in total. The highest BCUT2D eigenvalue weighted by Gasteiger charge is 2.07. The van der Waals surface area contributed by atoms with Gasteiger partial charge in [-0.15, -0.1) is 0 Å². The molecule has 0 fully saturated rings. The van der Waals surface area contributed by atoms with Crippen molar-refractivity contribution in [3.05, 3.63) is 52.5 Å². The Morgan fingerprint density at radius 1 is 1.00 bits per heavy atom. The molecule has 0 heterocycles. The Labute approximate surface area is 80.7 Å². The van der Waals surface area contributed by atoms with E-state index >= 15 is 0 Å². The average Bonchev–Trinajstić information content (AvgIpc) is 2.53. The van der Waals surface area contributed by atoms with Gasteiger partial charge in [0.1, 0.15) is 0 Å². The van der Waals surface area contributed by atoms with Gasteiger partial charge in [0.25, 0.3) is 0 Å². The van der Waals surface area contributed by atoms with Crippen LogP contribution >= 0.6 is 15.9 Å². The Morgan fingerprint density at radius 2 is 1.75 bits per heavy atom. The van der Waals surface area contributed by atoms with E-state index in [-0.39, 0.29) is 0 Å². The fraction of sp³-hybridized carbons (Fsp3) is 0.0909. The molecule has 0 unspecified atom stereocenters. The number of allylic oxidation sites excluding steroid dienone is 4. The number of benzene rings is 1. The van der Waals surface area contributed by atoms with Crippen molar-refractivity contribution < 1.29 is 0 Å². The number of hydrogen-bond donors (Lipinski definition) is 0. The van der Waals surface area contributed by atoms with E-state index in [0.29, 0.717) is 0 Å². The van der Waals surface area contributed by atoms with Crippen LogP contribution in [0.4, 0.5) is 0 Å². The van der Waals surface area contributed by atoms with Crippen LogP contribution in [0.2, 0.25) is 0 Å². The first kappa shape index (κ1) is 7.81. The molecule has 0 atom stereocenters. The molecular formula is C11H9Br. The standard InChI is InChI=1S/C11H9Br/c12-11-8-4-7-10(11)9-5-2-1-3-6-9/h1-3,5-8H,4H2. The maximum Gasteiger partial charge on any atom is 0.0213 e. The van der Waals surface area contributed by atoms with Gasteiger partial charge in [0, 0.05) is 4.48 Å². The molecule has 0 bridgehead atoms. The van der Waals surface area contributed by atoms with Crippen LogP contribution in [0.3, 0.4) is 0 Å². The highest BCUT2D eigenvalue weighted by molar-refractivity contribution is 9.12. The van der Waals surface area contributed by atoms with Crippen LogP contribution in [-0.2, 0) is 0 Å². The molecule has 12 heavy (non-hydrogen) atoms. The predicted molar refractivity (Wildman–Crippen MR) is 56.0 cm³/mol. The van der Waals surface area contributed by atoms with E-state index < -0.39 is 0 Å². The second kappa shape index (κ2) is 3.28. The van der Waals surface area contributed by atoms with Crippen molar-refractivity contribution >= 4 is 21.5 Å². The predicted octanol–water partition coefficient (Wildman–Crippen LogP) is 3.75. The van der Waals surface area contributed by atoms with Gasteiger partial charge in [-0.2, -0.15) is 0 Å². The molecule has 0 radical (unpaired) electrons. The molecule has 2 rings (SSSR count). The highest BCUT2D eigenvalue weighted by Crippen LogP contribution is 2.32. The second-order valence-electron chi connectivity index (χ2n) is 2.77. The first-order chi connectivity index (χ1) is 5.88. The van der Waals surface area contributed by atoms with E-state index in [4.69, 9.17) is 0 Å². The van der Waals surface area contributed by atoms with Gasteiger partial charge < -0.3 is 0 Å². The number of hydrogen-bond acceptors (Lipinski definition) is 0. The molecule has 0 amide bonds. The monoisotopic (exact) mass is 220 g/mol. The summed E-state index contributed by atoms with van der Waals surface area (Å²) < 4.78 is 1.22. The molecule has 60 valence electrons. The van der Waals surface area contributed by atoms with E-state index in [1.165, 1.54) is 15.6 Å². The van der Waals surface area contributed by atoms with Crippen LogP contribution in [0, 0.1) is 0 Å². The van der Waals surface area contributed by atoms with E-state index in [2.05, 4.69) is 52.3 Å². The van der Waals surface area contributed by atoms with Crippen LogP contribution in [-0.4, -0.2) is 0 Å². The summed E-state index contributed by atoms with van der Waals surface area (Å²) in [5.41, 5.74) is 2.61. The molecule has 0 saturated carbocycles. The Morgan fingerprint density at radius 3 is 2.33 bits per heavy atom. The van der Waals surface area contributed by atoms with Crippen molar-refractivity contribution in [3.63, 3.8) is 0 Å². The number of rotatable bonds is 1. The molecule has 0 aromatic heterocycles. The van der Waals surface area contributed by atoms with Gasteiger partial charge in [-0.3, -0.25) is 0 Å². The van der Waals surface area contributed by atoms with Crippen molar-refractivity contribution in [3.8, 4) is 0 Å². The zero-order chi connectivity index (χ0) is 8.39. The van der Waals surface area contributed by atoms with Crippen LogP contribution in [0.1, 0.15) is 12.0 Å². The summed E-state index contributed by atoms with van der Waals surface area (Å²) in [7, 11) is 0. The summed E-state index contributed by atoms with van der Waals surface area (Å²) >= 11 is 3.53. The van der Waals surface area contributed by atoms with Crippen molar-refractivity contribution in [1.29, 1.82) is 0 Å². The van der Waals surface area contributed by atoms with E-state index in [1.54, 1.807) is 0 Å². The zero-order valence-corrected chi connectivity index (χ0v) is 8.21. The van der Waals surface area contributed by atoms with Crippen molar-refractivity contribution in [2.45, 2.75) is 6.42 Å². The van der Waals surface area contributed by atoms with Crippen LogP contribution in [0.25, 0.3) is 5.57 Å². The lowest BCUT2D eigenvalue weighted by molar-refractivity contribution is 1.45. The summed E-state index contributed by atoms with van der Waals surface area (Å²) in [6, 6.07) is 10.4. The third kappa shape index (κ3) is 1.37. The summed E-state index contributed by atoms with van der Waals surface area (Å²) in [5.74, 6) is 0. The van der Waals surface area contributed by atoms with Gasteiger partial charge in [-0.25, -0.2) is 0 Å². The third-order valence-electron chi connectivity index (χ3n) is 1.96. The van der Waals surface area contributed by atoms with Gasteiger partial charge in [-0.1, -0.05) is 58.4 Å². The maximum absolute atomic E-state index is 3.53. The minimum Gasteiger partial charge on any atom is -0.0717 e. The van der Waals surface area contributed by atoms with Crippen molar-refractivity contribution in [2.75, 3.05) is 0 Å². The molecule has 0 aliphatic heterocycles. The normalized spacial score (nSPS) is 15.8. The fourth-order valence-corrected chi connectivity index (χ4v) is 1.94. The Kier molecular flexibility index (Phi) is 2.13. The molecule has 1 aliphatic rings. The Bertz CT molecular complexity index is 333.